The lowest BCUT2D eigenvalue weighted by molar-refractivity contribution is 0.297. The van der Waals surface area contributed by atoms with Crippen LogP contribution < -0.4 is 4.74 Å². The maximum absolute atomic E-state index is 14.6. The van der Waals surface area contributed by atoms with Gasteiger partial charge in [0.15, 0.2) is 11.6 Å². The molecule has 206 valence electrons. The predicted octanol–water partition coefficient (Wildman–Crippen LogP) is 10.5. The quantitative estimate of drug-likeness (QED) is 0.268. The molecule has 2 aliphatic carbocycles. The van der Waals surface area contributed by atoms with Gasteiger partial charge in [0.2, 0.25) is 5.82 Å². The van der Waals surface area contributed by atoms with Gasteiger partial charge in [-0.3, -0.25) is 0 Å². The lowest BCUT2D eigenvalue weighted by atomic mass is 9.76. The SMILES string of the molecule is CC=CCCc1ccc(C2CCC(C=CCCC3CCC(c4ccc(OCC)c(F)c4F)CC3)CC2)cc1. The third kappa shape index (κ3) is 7.80. The van der Waals surface area contributed by atoms with E-state index >= 15 is 0 Å². The highest BCUT2D eigenvalue weighted by Crippen LogP contribution is 2.40. The number of hydrogen-bond donors (Lipinski definition) is 0. The molecule has 0 saturated heterocycles. The summed E-state index contributed by atoms with van der Waals surface area (Å²) in [5.74, 6) is 0.730. The van der Waals surface area contributed by atoms with Gasteiger partial charge in [-0.15, -0.1) is 0 Å². The molecule has 0 bridgehead atoms. The van der Waals surface area contributed by atoms with Crippen LogP contribution in [0.2, 0.25) is 0 Å². The molecule has 4 rings (SSSR count). The molecule has 3 heteroatoms. The molecule has 38 heavy (non-hydrogen) atoms. The molecule has 1 nitrogen and oxygen atoms in total. The van der Waals surface area contributed by atoms with Gasteiger partial charge in [0.25, 0.3) is 0 Å². The van der Waals surface area contributed by atoms with E-state index in [-0.39, 0.29) is 11.7 Å². The summed E-state index contributed by atoms with van der Waals surface area (Å²) in [4.78, 5) is 0. The van der Waals surface area contributed by atoms with Crippen LogP contribution in [0, 0.1) is 23.5 Å². The van der Waals surface area contributed by atoms with Crippen molar-refractivity contribution >= 4 is 0 Å². The topological polar surface area (TPSA) is 9.23 Å². The molecule has 2 fully saturated rings. The monoisotopic (exact) mass is 520 g/mol. The predicted molar refractivity (Wildman–Crippen MR) is 155 cm³/mol. The molecule has 0 unspecified atom stereocenters. The average Bonchev–Trinajstić information content (AvgIpc) is 2.95. The van der Waals surface area contributed by atoms with Gasteiger partial charge in [0, 0.05) is 0 Å². The fourth-order valence-electron chi connectivity index (χ4n) is 6.53. The highest BCUT2D eigenvalue weighted by Gasteiger charge is 2.26. The minimum atomic E-state index is -0.834. The first-order valence-corrected chi connectivity index (χ1v) is 15.1. The normalized spacial score (nSPS) is 24.3. The Kier molecular flexibility index (Phi) is 11.0. The molecule has 0 amide bonds. The van der Waals surface area contributed by atoms with E-state index in [0.717, 1.165) is 50.9 Å². The third-order valence-electron chi connectivity index (χ3n) is 8.87. The van der Waals surface area contributed by atoms with Crippen molar-refractivity contribution in [2.45, 2.75) is 103 Å². The van der Waals surface area contributed by atoms with Crippen LogP contribution in [0.3, 0.4) is 0 Å². The zero-order valence-corrected chi connectivity index (χ0v) is 23.4. The van der Waals surface area contributed by atoms with Crippen LogP contribution in [0.1, 0.15) is 113 Å². The standard InChI is InChI=1S/C35H46F2O/c1-3-5-6-9-26-12-18-29(19-13-26)30-20-14-27(15-21-30)10-7-8-11-28-16-22-31(23-17-28)32-24-25-33(38-4-2)35(37)34(32)36/h3,5,7,10,12-13,18-19,24-25,27-28,30-31H,4,6,8-9,11,14-17,20-23H2,1-2H3. The number of hydrogen-bond acceptors (Lipinski definition) is 1. The van der Waals surface area contributed by atoms with Crippen LogP contribution in [-0.4, -0.2) is 6.61 Å². The minimum absolute atomic E-state index is 0.0209. The number of halogens is 2. The summed E-state index contributed by atoms with van der Waals surface area (Å²) >= 11 is 0. The molecule has 2 aliphatic rings. The van der Waals surface area contributed by atoms with Crippen molar-refractivity contribution in [1.82, 2.24) is 0 Å². The van der Waals surface area contributed by atoms with Crippen molar-refractivity contribution < 1.29 is 13.5 Å². The summed E-state index contributed by atoms with van der Waals surface area (Å²) in [5.41, 5.74) is 3.49. The van der Waals surface area contributed by atoms with Gasteiger partial charge in [0.1, 0.15) is 0 Å². The number of allylic oxidation sites excluding steroid dienone is 4. The van der Waals surface area contributed by atoms with Crippen molar-refractivity contribution in [1.29, 1.82) is 0 Å². The summed E-state index contributed by atoms with van der Waals surface area (Å²) in [6.07, 6.45) is 23.1. The number of rotatable bonds is 11. The lowest BCUT2D eigenvalue weighted by Crippen LogP contribution is -2.15. The van der Waals surface area contributed by atoms with Gasteiger partial charge < -0.3 is 4.74 Å². The molecule has 2 saturated carbocycles. The number of benzene rings is 2. The van der Waals surface area contributed by atoms with Crippen LogP contribution in [-0.2, 0) is 6.42 Å². The lowest BCUT2D eigenvalue weighted by Gasteiger charge is -2.29. The zero-order chi connectivity index (χ0) is 26.7. The highest BCUT2D eigenvalue weighted by molar-refractivity contribution is 5.33. The first-order chi connectivity index (χ1) is 18.6. The second-order valence-electron chi connectivity index (χ2n) is 11.4. The van der Waals surface area contributed by atoms with Gasteiger partial charge in [0.05, 0.1) is 6.61 Å². The molecule has 0 heterocycles. The second kappa shape index (κ2) is 14.7. The average molecular weight is 521 g/mol. The fraction of sp³-hybridized carbons (Fsp3) is 0.543. The Hall–Kier alpha value is -2.42. The van der Waals surface area contributed by atoms with Crippen LogP contribution >= 0.6 is 0 Å². The van der Waals surface area contributed by atoms with Gasteiger partial charge in [-0.05, 0) is 137 Å². The number of aryl methyl sites for hydroxylation is 1. The molecule has 0 radical (unpaired) electrons. The van der Waals surface area contributed by atoms with E-state index in [1.165, 1.54) is 43.2 Å². The Labute approximate surface area is 229 Å². The molecule has 0 spiro atoms. The van der Waals surface area contributed by atoms with E-state index in [4.69, 9.17) is 4.74 Å². The summed E-state index contributed by atoms with van der Waals surface area (Å²) in [6.45, 7) is 4.20. The molecule has 2 aromatic carbocycles. The molecule has 0 atom stereocenters. The van der Waals surface area contributed by atoms with Gasteiger partial charge in [-0.25, -0.2) is 4.39 Å². The van der Waals surface area contributed by atoms with E-state index in [1.807, 2.05) is 0 Å². The fourth-order valence-corrected chi connectivity index (χ4v) is 6.53. The van der Waals surface area contributed by atoms with E-state index in [9.17, 15) is 8.78 Å². The van der Waals surface area contributed by atoms with Crippen LogP contribution in [0.15, 0.2) is 60.7 Å². The second-order valence-corrected chi connectivity index (χ2v) is 11.4. The third-order valence-corrected chi connectivity index (χ3v) is 8.87. The summed E-state index contributed by atoms with van der Waals surface area (Å²) in [6, 6.07) is 12.7. The first kappa shape index (κ1) is 28.6. The Morgan fingerprint density at radius 2 is 1.50 bits per heavy atom. The van der Waals surface area contributed by atoms with Crippen LogP contribution in [0.4, 0.5) is 8.78 Å². The molecular weight excluding hydrogens is 474 g/mol. The maximum atomic E-state index is 14.6. The molecule has 2 aromatic rings. The van der Waals surface area contributed by atoms with Crippen molar-refractivity contribution in [2.24, 2.45) is 11.8 Å². The van der Waals surface area contributed by atoms with Crippen LogP contribution in [0.5, 0.6) is 5.75 Å². The van der Waals surface area contributed by atoms with E-state index in [2.05, 4.69) is 55.5 Å². The zero-order valence-electron chi connectivity index (χ0n) is 23.4. The number of ether oxygens (including phenoxy) is 1. The van der Waals surface area contributed by atoms with E-state index in [1.54, 1.807) is 19.1 Å². The van der Waals surface area contributed by atoms with Crippen molar-refractivity contribution in [3.63, 3.8) is 0 Å². The van der Waals surface area contributed by atoms with Crippen LogP contribution in [0.25, 0.3) is 0 Å². The minimum Gasteiger partial charge on any atom is -0.491 e. The Morgan fingerprint density at radius 3 is 2.18 bits per heavy atom. The Morgan fingerprint density at radius 1 is 0.789 bits per heavy atom. The highest BCUT2D eigenvalue weighted by atomic mass is 19.2. The smallest absolute Gasteiger partial charge is 0.200 e. The van der Waals surface area contributed by atoms with Gasteiger partial charge in [-0.2, -0.15) is 4.39 Å². The maximum Gasteiger partial charge on any atom is 0.200 e. The molecule has 0 aliphatic heterocycles. The Bertz CT molecular complexity index is 1040. The molecule has 0 N–H and O–H groups in total. The largest absolute Gasteiger partial charge is 0.491 e. The summed E-state index contributed by atoms with van der Waals surface area (Å²) in [5, 5.41) is 0. The molecular formula is C35H46F2O. The summed E-state index contributed by atoms with van der Waals surface area (Å²) < 4.78 is 34.1. The molecule has 0 aromatic heterocycles. The first-order valence-electron chi connectivity index (χ1n) is 15.1. The van der Waals surface area contributed by atoms with Crippen molar-refractivity contribution in [3.05, 3.63) is 89.0 Å². The van der Waals surface area contributed by atoms with Gasteiger partial charge >= 0.3 is 0 Å². The van der Waals surface area contributed by atoms with Crippen molar-refractivity contribution in [3.8, 4) is 5.75 Å². The Balaban J connectivity index is 1.14. The van der Waals surface area contributed by atoms with E-state index in [0.29, 0.717) is 24.0 Å². The van der Waals surface area contributed by atoms with Crippen molar-refractivity contribution in [2.75, 3.05) is 6.61 Å². The van der Waals surface area contributed by atoms with E-state index < -0.39 is 11.6 Å². The summed E-state index contributed by atoms with van der Waals surface area (Å²) in [7, 11) is 0. The van der Waals surface area contributed by atoms with Gasteiger partial charge in [-0.1, -0.05) is 54.6 Å².